The molecule has 28 heavy (non-hydrogen) atoms. The van der Waals surface area contributed by atoms with Gasteiger partial charge in [-0.2, -0.15) is 0 Å². The summed E-state index contributed by atoms with van der Waals surface area (Å²) in [6, 6.07) is 15.5. The third-order valence-electron chi connectivity index (χ3n) is 5.36. The van der Waals surface area contributed by atoms with E-state index in [4.69, 9.17) is 4.74 Å². The van der Waals surface area contributed by atoms with E-state index in [1.807, 2.05) is 48.5 Å². The predicted octanol–water partition coefficient (Wildman–Crippen LogP) is 5.21. The van der Waals surface area contributed by atoms with Crippen LogP contribution >= 0.6 is 11.3 Å². The highest BCUT2D eigenvalue weighted by molar-refractivity contribution is 7.14. The van der Waals surface area contributed by atoms with Gasteiger partial charge in [0.1, 0.15) is 4.88 Å². The second kappa shape index (κ2) is 8.15. The zero-order valence-electron chi connectivity index (χ0n) is 15.9. The molecule has 1 N–H and O–H groups in total. The van der Waals surface area contributed by atoms with Crippen LogP contribution in [0, 0.1) is 5.92 Å². The second-order valence-corrected chi connectivity index (χ2v) is 8.36. The molecule has 0 saturated heterocycles. The van der Waals surface area contributed by atoms with Crippen molar-refractivity contribution in [3.8, 4) is 0 Å². The van der Waals surface area contributed by atoms with Crippen LogP contribution in [0.4, 0.5) is 5.69 Å². The maximum Gasteiger partial charge on any atom is 0.348 e. The molecule has 1 amide bonds. The van der Waals surface area contributed by atoms with Gasteiger partial charge in [-0.05, 0) is 48.3 Å². The molecule has 3 aromatic rings. The number of nitrogens with one attached hydrogen (secondary N) is 1. The smallest absolute Gasteiger partial charge is 0.348 e. The summed E-state index contributed by atoms with van der Waals surface area (Å²) >= 11 is 1.51. The molecular weight excluding hydrogens is 370 g/mol. The lowest BCUT2D eigenvalue weighted by atomic mass is 9.87. The minimum Gasteiger partial charge on any atom is -0.451 e. The summed E-state index contributed by atoms with van der Waals surface area (Å²) in [4.78, 5) is 26.6. The van der Waals surface area contributed by atoms with Crippen molar-refractivity contribution in [2.24, 2.45) is 5.92 Å². The van der Waals surface area contributed by atoms with E-state index in [0.29, 0.717) is 10.8 Å². The van der Waals surface area contributed by atoms with Crippen LogP contribution in [0.5, 0.6) is 0 Å². The van der Waals surface area contributed by atoms with Gasteiger partial charge in [0, 0.05) is 16.0 Å². The maximum absolute atomic E-state index is 12.4. The van der Waals surface area contributed by atoms with Crippen molar-refractivity contribution in [1.29, 1.82) is 0 Å². The Kier molecular flexibility index (Phi) is 5.44. The van der Waals surface area contributed by atoms with E-state index in [2.05, 4.69) is 12.2 Å². The van der Waals surface area contributed by atoms with E-state index in [0.717, 1.165) is 29.3 Å². The van der Waals surface area contributed by atoms with Gasteiger partial charge in [-0.1, -0.05) is 49.7 Å². The summed E-state index contributed by atoms with van der Waals surface area (Å²) in [5, 5.41) is 4.85. The molecule has 1 aliphatic carbocycles. The van der Waals surface area contributed by atoms with Gasteiger partial charge in [0.15, 0.2) is 6.61 Å². The number of thiophene rings is 1. The van der Waals surface area contributed by atoms with Crippen LogP contribution in [-0.2, 0) is 22.4 Å². The van der Waals surface area contributed by atoms with Gasteiger partial charge in [0.05, 0.1) is 0 Å². The SMILES string of the molecule is CC[C@H]1CCc2sc(C(=O)OCC(=O)Nc3cccc4ccccc34)cc2C1. The molecule has 4 nitrogen and oxygen atoms in total. The third kappa shape index (κ3) is 3.94. The molecule has 1 atom stereocenters. The topological polar surface area (TPSA) is 55.4 Å². The largest absolute Gasteiger partial charge is 0.451 e. The molecule has 1 aliphatic rings. The molecule has 0 unspecified atom stereocenters. The Bertz CT molecular complexity index is 1020. The van der Waals surface area contributed by atoms with E-state index in [1.54, 1.807) is 0 Å². The molecular formula is C23H23NO3S. The quantitative estimate of drug-likeness (QED) is 0.605. The fourth-order valence-corrected chi connectivity index (χ4v) is 4.87. The van der Waals surface area contributed by atoms with Crippen molar-refractivity contribution < 1.29 is 14.3 Å². The van der Waals surface area contributed by atoms with Crippen molar-refractivity contribution >= 4 is 39.7 Å². The molecule has 0 fully saturated rings. The van der Waals surface area contributed by atoms with Gasteiger partial charge < -0.3 is 10.1 Å². The zero-order chi connectivity index (χ0) is 19.5. The number of esters is 1. The Morgan fingerprint density at radius 3 is 2.86 bits per heavy atom. The van der Waals surface area contributed by atoms with Crippen molar-refractivity contribution in [3.63, 3.8) is 0 Å². The number of rotatable bonds is 5. The molecule has 2 aromatic carbocycles. The number of aryl methyl sites for hydroxylation is 1. The Balaban J connectivity index is 1.37. The fourth-order valence-electron chi connectivity index (χ4n) is 3.77. The van der Waals surface area contributed by atoms with Crippen molar-refractivity contribution in [1.82, 2.24) is 0 Å². The van der Waals surface area contributed by atoms with Gasteiger partial charge in [-0.3, -0.25) is 4.79 Å². The number of carbonyl (C=O) groups is 2. The van der Waals surface area contributed by atoms with E-state index < -0.39 is 5.97 Å². The van der Waals surface area contributed by atoms with E-state index in [9.17, 15) is 9.59 Å². The Labute approximate surface area is 168 Å². The molecule has 0 saturated carbocycles. The highest BCUT2D eigenvalue weighted by Crippen LogP contribution is 2.33. The number of benzene rings is 2. The van der Waals surface area contributed by atoms with Gasteiger partial charge in [-0.15, -0.1) is 11.3 Å². The monoisotopic (exact) mass is 393 g/mol. The molecule has 144 valence electrons. The number of fused-ring (bicyclic) bond motifs is 2. The summed E-state index contributed by atoms with van der Waals surface area (Å²) in [6.07, 6.45) is 4.43. The van der Waals surface area contributed by atoms with Crippen molar-refractivity contribution in [2.45, 2.75) is 32.6 Å². The normalized spacial score (nSPS) is 15.8. The standard InChI is InChI=1S/C23H23NO3S/c1-2-15-10-11-20-17(12-15)13-21(28-20)23(26)27-14-22(25)24-19-9-5-7-16-6-3-4-8-18(16)19/h3-9,13,15H,2,10-12,14H2,1H3,(H,24,25)/t15-/m0/s1. The first kappa shape index (κ1) is 18.7. The van der Waals surface area contributed by atoms with Gasteiger partial charge >= 0.3 is 5.97 Å². The number of hydrogen-bond acceptors (Lipinski definition) is 4. The average molecular weight is 394 g/mol. The number of ether oxygens (including phenoxy) is 1. The highest BCUT2D eigenvalue weighted by Gasteiger charge is 2.23. The Morgan fingerprint density at radius 2 is 2.00 bits per heavy atom. The lowest BCUT2D eigenvalue weighted by molar-refractivity contribution is -0.119. The minimum absolute atomic E-state index is 0.289. The van der Waals surface area contributed by atoms with E-state index in [-0.39, 0.29) is 12.5 Å². The predicted molar refractivity (Wildman–Crippen MR) is 113 cm³/mol. The van der Waals surface area contributed by atoms with Gasteiger partial charge in [0.2, 0.25) is 0 Å². The van der Waals surface area contributed by atoms with Crippen LogP contribution < -0.4 is 5.32 Å². The first-order valence-electron chi connectivity index (χ1n) is 9.70. The molecule has 0 radical (unpaired) electrons. The molecule has 5 heteroatoms. The molecule has 1 aromatic heterocycles. The van der Waals surface area contributed by atoms with Gasteiger partial charge in [-0.25, -0.2) is 4.79 Å². The lowest BCUT2D eigenvalue weighted by Gasteiger charge is -2.19. The van der Waals surface area contributed by atoms with Crippen molar-refractivity contribution in [3.05, 3.63) is 63.8 Å². The van der Waals surface area contributed by atoms with Crippen LogP contribution in [0.3, 0.4) is 0 Å². The summed E-state index contributed by atoms with van der Waals surface area (Å²) in [5.74, 6) is -0.0463. The first-order chi connectivity index (χ1) is 13.6. The summed E-state index contributed by atoms with van der Waals surface area (Å²) < 4.78 is 5.26. The summed E-state index contributed by atoms with van der Waals surface area (Å²) in [6.45, 7) is 1.92. The maximum atomic E-state index is 12.4. The average Bonchev–Trinajstić information content (AvgIpc) is 3.15. The molecule has 4 rings (SSSR count). The Hall–Kier alpha value is -2.66. The fraction of sp³-hybridized carbons (Fsp3) is 0.304. The van der Waals surface area contributed by atoms with Gasteiger partial charge in [0.25, 0.3) is 5.91 Å². The minimum atomic E-state index is -0.416. The van der Waals surface area contributed by atoms with Crippen LogP contribution in [-0.4, -0.2) is 18.5 Å². The molecule has 0 spiro atoms. The molecule has 0 aliphatic heterocycles. The number of hydrogen-bond donors (Lipinski definition) is 1. The Morgan fingerprint density at radius 1 is 1.18 bits per heavy atom. The summed E-state index contributed by atoms with van der Waals surface area (Å²) in [5.41, 5.74) is 1.99. The van der Waals surface area contributed by atoms with E-state index in [1.165, 1.54) is 34.6 Å². The molecule has 1 heterocycles. The first-order valence-corrected chi connectivity index (χ1v) is 10.5. The number of amides is 1. The molecule has 0 bridgehead atoms. The second-order valence-electron chi connectivity index (χ2n) is 7.23. The van der Waals surface area contributed by atoms with Crippen molar-refractivity contribution in [2.75, 3.05) is 11.9 Å². The zero-order valence-corrected chi connectivity index (χ0v) is 16.7. The van der Waals surface area contributed by atoms with Crippen LogP contribution in [0.1, 0.15) is 39.9 Å². The number of anilines is 1. The summed E-state index contributed by atoms with van der Waals surface area (Å²) in [7, 11) is 0. The number of carbonyl (C=O) groups excluding carboxylic acids is 2. The van der Waals surface area contributed by atoms with Crippen LogP contribution in [0.2, 0.25) is 0 Å². The third-order valence-corrected chi connectivity index (χ3v) is 6.58. The van der Waals surface area contributed by atoms with E-state index >= 15 is 0 Å². The van der Waals surface area contributed by atoms with Crippen LogP contribution in [0.25, 0.3) is 10.8 Å². The lowest BCUT2D eigenvalue weighted by Crippen LogP contribution is -2.20. The highest BCUT2D eigenvalue weighted by atomic mass is 32.1. The van der Waals surface area contributed by atoms with Crippen LogP contribution in [0.15, 0.2) is 48.5 Å².